The van der Waals surface area contributed by atoms with Crippen molar-refractivity contribution in [3.05, 3.63) is 23.0 Å². The van der Waals surface area contributed by atoms with Crippen LogP contribution in [0.5, 0.6) is 5.75 Å². The first-order valence-corrected chi connectivity index (χ1v) is 4.29. The van der Waals surface area contributed by atoms with Crippen LogP contribution in [0.25, 0.3) is 0 Å². The molecule has 0 saturated carbocycles. The van der Waals surface area contributed by atoms with E-state index in [0.717, 1.165) is 6.20 Å². The van der Waals surface area contributed by atoms with Gasteiger partial charge in [-0.15, -0.1) is 0 Å². The lowest BCUT2D eigenvalue weighted by Crippen LogP contribution is -2.08. The number of alkyl halides is 2. The highest BCUT2D eigenvalue weighted by molar-refractivity contribution is 5.42. The number of hydrogen-bond acceptors (Lipinski definition) is 4. The Morgan fingerprint density at radius 1 is 1.60 bits per heavy atom. The maximum absolute atomic E-state index is 12.5. The van der Waals surface area contributed by atoms with E-state index in [2.05, 4.69) is 4.98 Å². The normalized spacial score (nSPS) is 10.8. The van der Waals surface area contributed by atoms with E-state index in [-0.39, 0.29) is 23.4 Å². The SMILES string of the molecule is COc1c(CN)ncc(C(F)F)c1CO. The molecule has 3 N–H and O–H groups in total. The van der Waals surface area contributed by atoms with Crippen molar-refractivity contribution in [1.29, 1.82) is 0 Å². The molecule has 0 fully saturated rings. The molecule has 0 aliphatic carbocycles. The van der Waals surface area contributed by atoms with Gasteiger partial charge in [-0.05, 0) is 0 Å². The molecule has 1 rings (SSSR count). The minimum atomic E-state index is -2.69. The van der Waals surface area contributed by atoms with Crippen molar-refractivity contribution in [2.24, 2.45) is 5.73 Å². The zero-order valence-corrected chi connectivity index (χ0v) is 8.20. The topological polar surface area (TPSA) is 68.4 Å². The minimum absolute atomic E-state index is 0.0444. The molecule has 0 aliphatic rings. The van der Waals surface area contributed by atoms with Gasteiger partial charge >= 0.3 is 0 Å². The van der Waals surface area contributed by atoms with E-state index in [1.165, 1.54) is 7.11 Å². The number of pyridine rings is 1. The third-order valence-electron chi connectivity index (χ3n) is 2.03. The summed E-state index contributed by atoms with van der Waals surface area (Å²) in [6.45, 7) is -0.460. The average Bonchev–Trinajstić information content (AvgIpc) is 2.26. The Morgan fingerprint density at radius 3 is 2.67 bits per heavy atom. The van der Waals surface area contributed by atoms with Gasteiger partial charge in [0.25, 0.3) is 6.43 Å². The van der Waals surface area contributed by atoms with Crippen molar-refractivity contribution < 1.29 is 18.6 Å². The van der Waals surface area contributed by atoms with Crippen LogP contribution in [0.2, 0.25) is 0 Å². The molecule has 6 heteroatoms. The molecule has 1 aromatic rings. The smallest absolute Gasteiger partial charge is 0.265 e. The van der Waals surface area contributed by atoms with E-state index >= 15 is 0 Å². The number of halogens is 2. The molecule has 84 valence electrons. The summed E-state index contributed by atoms with van der Waals surface area (Å²) >= 11 is 0. The Hall–Kier alpha value is -1.27. The number of ether oxygens (including phenoxy) is 1. The zero-order valence-electron chi connectivity index (χ0n) is 8.20. The maximum atomic E-state index is 12.5. The van der Waals surface area contributed by atoms with E-state index in [4.69, 9.17) is 15.6 Å². The molecule has 0 saturated heterocycles. The van der Waals surface area contributed by atoms with E-state index in [1.807, 2.05) is 0 Å². The third kappa shape index (κ3) is 2.21. The Labute approximate surface area is 85.7 Å². The van der Waals surface area contributed by atoms with Crippen molar-refractivity contribution in [1.82, 2.24) is 4.98 Å². The second-order valence-electron chi connectivity index (χ2n) is 2.83. The number of nitrogens with zero attached hydrogens (tertiary/aromatic N) is 1. The fourth-order valence-corrected chi connectivity index (χ4v) is 1.33. The molecule has 4 nitrogen and oxygen atoms in total. The molecule has 0 spiro atoms. The van der Waals surface area contributed by atoms with E-state index in [0.29, 0.717) is 5.69 Å². The highest BCUT2D eigenvalue weighted by atomic mass is 19.3. The van der Waals surface area contributed by atoms with Crippen molar-refractivity contribution >= 4 is 0 Å². The fourth-order valence-electron chi connectivity index (χ4n) is 1.33. The number of hydrogen-bond donors (Lipinski definition) is 2. The molecule has 1 heterocycles. The van der Waals surface area contributed by atoms with Gasteiger partial charge in [0, 0.05) is 23.9 Å². The number of methoxy groups -OCH3 is 1. The summed E-state index contributed by atoms with van der Waals surface area (Å²) in [4.78, 5) is 3.76. The monoisotopic (exact) mass is 218 g/mol. The van der Waals surface area contributed by atoms with Gasteiger partial charge in [-0.2, -0.15) is 0 Å². The van der Waals surface area contributed by atoms with Gasteiger partial charge in [0.05, 0.1) is 19.4 Å². The van der Waals surface area contributed by atoms with Crippen LogP contribution in [-0.2, 0) is 13.2 Å². The Balaban J connectivity index is 3.34. The Kier molecular flexibility index (Phi) is 3.93. The number of aliphatic hydroxyl groups is 1. The number of rotatable bonds is 4. The first-order valence-electron chi connectivity index (χ1n) is 4.29. The Bertz CT molecular complexity index is 345. The van der Waals surface area contributed by atoms with Gasteiger partial charge in [-0.25, -0.2) is 8.78 Å². The summed E-state index contributed by atoms with van der Waals surface area (Å²) in [5.41, 5.74) is 5.43. The quantitative estimate of drug-likeness (QED) is 0.790. The zero-order chi connectivity index (χ0) is 11.4. The molecule has 0 atom stereocenters. The summed E-state index contributed by atoms with van der Waals surface area (Å²) in [6, 6.07) is 0. The second kappa shape index (κ2) is 4.99. The van der Waals surface area contributed by atoms with Crippen molar-refractivity contribution in [3.63, 3.8) is 0 Å². The Morgan fingerprint density at radius 2 is 2.27 bits per heavy atom. The van der Waals surface area contributed by atoms with Crippen molar-refractivity contribution in [3.8, 4) is 5.75 Å². The first-order chi connectivity index (χ1) is 7.15. The second-order valence-corrected chi connectivity index (χ2v) is 2.83. The molecule has 1 aromatic heterocycles. The minimum Gasteiger partial charge on any atom is -0.494 e. The number of aromatic nitrogens is 1. The standard InChI is InChI=1S/C9H12F2N2O2/c1-15-8-6(4-14)5(9(10)11)3-13-7(8)2-12/h3,9,14H,2,4,12H2,1H3. The lowest BCUT2D eigenvalue weighted by atomic mass is 10.1. The molecular formula is C9H12F2N2O2. The van der Waals surface area contributed by atoms with Crippen LogP contribution in [0, 0.1) is 0 Å². The number of nitrogens with two attached hydrogens (primary N) is 1. The van der Waals surface area contributed by atoms with Gasteiger partial charge < -0.3 is 15.6 Å². The predicted molar refractivity (Wildman–Crippen MR) is 49.6 cm³/mol. The largest absolute Gasteiger partial charge is 0.494 e. The van der Waals surface area contributed by atoms with Gasteiger partial charge in [0.2, 0.25) is 0 Å². The van der Waals surface area contributed by atoms with Crippen molar-refractivity contribution in [2.45, 2.75) is 19.6 Å². The molecule has 15 heavy (non-hydrogen) atoms. The lowest BCUT2D eigenvalue weighted by Gasteiger charge is -2.13. The van der Waals surface area contributed by atoms with Crippen LogP contribution in [0.15, 0.2) is 6.20 Å². The number of aliphatic hydroxyl groups excluding tert-OH is 1. The summed E-state index contributed by atoms with van der Waals surface area (Å²) in [5.74, 6) is 0.137. The summed E-state index contributed by atoms with van der Waals surface area (Å²) in [6.07, 6.45) is -1.68. The van der Waals surface area contributed by atoms with E-state index in [9.17, 15) is 8.78 Å². The average molecular weight is 218 g/mol. The lowest BCUT2D eigenvalue weighted by molar-refractivity contribution is 0.145. The highest BCUT2D eigenvalue weighted by Crippen LogP contribution is 2.31. The van der Waals surface area contributed by atoms with Gasteiger partial charge in [0.1, 0.15) is 5.75 Å². The highest BCUT2D eigenvalue weighted by Gasteiger charge is 2.19. The molecule has 0 unspecified atom stereocenters. The molecular weight excluding hydrogens is 206 g/mol. The van der Waals surface area contributed by atoms with Gasteiger partial charge in [0.15, 0.2) is 0 Å². The van der Waals surface area contributed by atoms with Crippen LogP contribution in [-0.4, -0.2) is 17.2 Å². The summed E-state index contributed by atoms with van der Waals surface area (Å²) in [7, 11) is 1.32. The van der Waals surface area contributed by atoms with E-state index < -0.39 is 13.0 Å². The van der Waals surface area contributed by atoms with Crippen LogP contribution in [0.4, 0.5) is 8.78 Å². The van der Waals surface area contributed by atoms with Gasteiger partial charge in [-0.1, -0.05) is 0 Å². The van der Waals surface area contributed by atoms with Crippen LogP contribution in [0.3, 0.4) is 0 Å². The van der Waals surface area contributed by atoms with Crippen LogP contribution in [0.1, 0.15) is 23.2 Å². The van der Waals surface area contributed by atoms with Crippen LogP contribution >= 0.6 is 0 Å². The molecule has 0 bridgehead atoms. The summed E-state index contributed by atoms with van der Waals surface area (Å²) in [5, 5.41) is 9.02. The molecule has 0 aliphatic heterocycles. The predicted octanol–water partition coefficient (Wildman–Crippen LogP) is 0.979. The molecule has 0 aromatic carbocycles. The summed E-state index contributed by atoms with van der Waals surface area (Å²) < 4.78 is 30.0. The molecule has 0 radical (unpaired) electrons. The van der Waals surface area contributed by atoms with E-state index in [1.54, 1.807) is 0 Å². The van der Waals surface area contributed by atoms with Crippen molar-refractivity contribution in [2.75, 3.05) is 7.11 Å². The maximum Gasteiger partial charge on any atom is 0.265 e. The third-order valence-corrected chi connectivity index (χ3v) is 2.03. The first kappa shape index (κ1) is 11.8. The van der Waals surface area contributed by atoms with Crippen LogP contribution < -0.4 is 10.5 Å². The molecule has 0 amide bonds. The fraction of sp³-hybridized carbons (Fsp3) is 0.444. The van der Waals surface area contributed by atoms with Gasteiger partial charge in [-0.3, -0.25) is 4.98 Å².